The Labute approximate surface area is 110 Å². The molecule has 1 atom stereocenters. The highest BCUT2D eigenvalue weighted by atomic mass is 19.4. The molecule has 0 aromatic heterocycles. The van der Waals surface area contributed by atoms with Gasteiger partial charge in [0.25, 0.3) is 0 Å². The van der Waals surface area contributed by atoms with Crippen molar-refractivity contribution in [2.24, 2.45) is 11.3 Å². The van der Waals surface area contributed by atoms with Gasteiger partial charge in [0.15, 0.2) is 5.92 Å². The molecule has 0 aliphatic carbocycles. The van der Waals surface area contributed by atoms with E-state index in [0.717, 1.165) is 0 Å². The first-order valence-electron chi connectivity index (χ1n) is 5.97. The van der Waals surface area contributed by atoms with Crippen molar-refractivity contribution in [3.8, 4) is 6.07 Å². The maximum absolute atomic E-state index is 12.3. The summed E-state index contributed by atoms with van der Waals surface area (Å²) in [6, 6.07) is 1.21. The number of halogens is 3. The van der Waals surface area contributed by atoms with Crippen molar-refractivity contribution < 1.29 is 23.1 Å². The molecule has 110 valence electrons. The first-order chi connectivity index (χ1) is 8.58. The minimum atomic E-state index is -4.51. The summed E-state index contributed by atoms with van der Waals surface area (Å²) < 4.78 is 36.8. The van der Waals surface area contributed by atoms with Gasteiger partial charge in [-0.2, -0.15) is 18.4 Å². The van der Waals surface area contributed by atoms with E-state index in [-0.39, 0.29) is 11.8 Å². The van der Waals surface area contributed by atoms with Crippen LogP contribution in [0, 0.1) is 22.7 Å². The van der Waals surface area contributed by atoms with Gasteiger partial charge in [0, 0.05) is 13.0 Å². The molecule has 4 nitrogen and oxygen atoms in total. The molecule has 0 heterocycles. The molecule has 0 aromatic carbocycles. The van der Waals surface area contributed by atoms with Crippen molar-refractivity contribution in [1.29, 1.82) is 5.26 Å². The van der Waals surface area contributed by atoms with Crippen molar-refractivity contribution in [3.63, 3.8) is 0 Å². The molecule has 0 aromatic rings. The van der Waals surface area contributed by atoms with Crippen LogP contribution >= 0.6 is 0 Å². The second kappa shape index (κ2) is 7.34. The molecule has 19 heavy (non-hydrogen) atoms. The molecule has 0 rings (SSSR count). The third kappa shape index (κ3) is 8.43. The summed E-state index contributed by atoms with van der Waals surface area (Å²) in [7, 11) is 0. The van der Waals surface area contributed by atoms with Crippen molar-refractivity contribution in [2.45, 2.75) is 39.3 Å². The van der Waals surface area contributed by atoms with Crippen LogP contribution in [0.15, 0.2) is 0 Å². The summed E-state index contributed by atoms with van der Waals surface area (Å²) >= 11 is 0. The fourth-order valence-corrected chi connectivity index (χ4v) is 1.48. The summed E-state index contributed by atoms with van der Waals surface area (Å²) in [5.74, 6) is -2.89. The average Bonchev–Trinajstić information content (AvgIpc) is 2.24. The molecular formula is C12H19F3N2O2. The first-order valence-corrected chi connectivity index (χ1v) is 5.97. The molecule has 0 fully saturated rings. The summed E-state index contributed by atoms with van der Waals surface area (Å²) in [4.78, 5) is 10.4. The highest BCUT2D eigenvalue weighted by molar-refractivity contribution is 5.66. The Morgan fingerprint density at radius 2 is 1.95 bits per heavy atom. The van der Waals surface area contributed by atoms with Crippen LogP contribution in [-0.4, -0.2) is 30.3 Å². The molecular weight excluding hydrogens is 261 g/mol. The van der Waals surface area contributed by atoms with Crippen molar-refractivity contribution in [1.82, 2.24) is 5.32 Å². The molecule has 7 heteroatoms. The molecule has 0 aliphatic heterocycles. The molecule has 0 amide bonds. The average molecular weight is 280 g/mol. The van der Waals surface area contributed by atoms with Crippen LogP contribution in [-0.2, 0) is 4.79 Å². The number of alkyl halides is 3. The van der Waals surface area contributed by atoms with E-state index in [9.17, 15) is 18.0 Å². The van der Waals surface area contributed by atoms with E-state index in [1.807, 2.05) is 13.8 Å². The Hall–Kier alpha value is -1.29. The minimum absolute atomic E-state index is 0.0381. The Balaban J connectivity index is 3.97. The number of nitrogens with zero attached hydrogens (tertiary/aromatic N) is 1. The van der Waals surface area contributed by atoms with Gasteiger partial charge in [0.1, 0.15) is 0 Å². The lowest BCUT2D eigenvalue weighted by molar-refractivity contribution is -0.157. The summed E-state index contributed by atoms with van der Waals surface area (Å²) in [6.07, 6.45) is -3.46. The number of rotatable bonds is 8. The predicted molar refractivity (Wildman–Crippen MR) is 63.3 cm³/mol. The Morgan fingerprint density at radius 1 is 1.37 bits per heavy atom. The lowest BCUT2D eigenvalue weighted by Gasteiger charge is -2.24. The summed E-state index contributed by atoms with van der Waals surface area (Å²) in [6.45, 7) is 3.61. The number of carbonyl (C=O) groups is 1. The van der Waals surface area contributed by atoms with E-state index in [2.05, 4.69) is 5.32 Å². The first kappa shape index (κ1) is 17.7. The van der Waals surface area contributed by atoms with Gasteiger partial charge in [0.05, 0.1) is 6.07 Å². The molecule has 0 radical (unpaired) electrons. The van der Waals surface area contributed by atoms with Gasteiger partial charge in [0.2, 0.25) is 0 Å². The largest absolute Gasteiger partial charge is 0.481 e. The van der Waals surface area contributed by atoms with Gasteiger partial charge < -0.3 is 10.4 Å². The van der Waals surface area contributed by atoms with Gasteiger partial charge in [-0.1, -0.05) is 13.8 Å². The Kier molecular flexibility index (Phi) is 6.84. The number of carboxylic acids is 1. The van der Waals surface area contributed by atoms with Crippen molar-refractivity contribution in [3.05, 3.63) is 0 Å². The van der Waals surface area contributed by atoms with Crippen LogP contribution in [0.1, 0.15) is 33.1 Å². The molecule has 0 saturated heterocycles. The van der Waals surface area contributed by atoms with Crippen LogP contribution in [0.5, 0.6) is 0 Å². The zero-order valence-electron chi connectivity index (χ0n) is 11.0. The van der Waals surface area contributed by atoms with E-state index < -0.39 is 24.6 Å². The highest BCUT2D eigenvalue weighted by Crippen LogP contribution is 2.27. The van der Waals surface area contributed by atoms with E-state index in [1.54, 1.807) is 0 Å². The van der Waals surface area contributed by atoms with Gasteiger partial charge in [-0.15, -0.1) is 0 Å². The normalized spacial score (nSPS) is 13.9. The van der Waals surface area contributed by atoms with E-state index in [4.69, 9.17) is 10.4 Å². The van der Waals surface area contributed by atoms with E-state index in [0.29, 0.717) is 19.4 Å². The quantitative estimate of drug-likeness (QED) is 0.670. The SMILES string of the molecule is CC(C)(CCNCC(C#N)C(F)(F)F)CCC(=O)O. The molecule has 2 N–H and O–H groups in total. The number of carboxylic acid groups (broad SMARTS) is 1. The Bertz CT molecular complexity index is 335. The summed E-state index contributed by atoms with van der Waals surface area (Å²) in [5, 5.41) is 19.6. The smallest absolute Gasteiger partial charge is 0.405 e. The zero-order chi connectivity index (χ0) is 15.1. The number of hydrogen-bond donors (Lipinski definition) is 2. The number of hydrogen-bond acceptors (Lipinski definition) is 3. The van der Waals surface area contributed by atoms with Crippen molar-refractivity contribution >= 4 is 5.97 Å². The van der Waals surface area contributed by atoms with Gasteiger partial charge in [-0.05, 0) is 24.8 Å². The lowest BCUT2D eigenvalue weighted by atomic mass is 9.84. The second-order valence-corrected chi connectivity index (χ2v) is 5.24. The van der Waals surface area contributed by atoms with E-state index in [1.165, 1.54) is 6.07 Å². The third-order valence-corrected chi connectivity index (χ3v) is 2.89. The van der Waals surface area contributed by atoms with Crippen LogP contribution in [0.4, 0.5) is 13.2 Å². The number of aliphatic carboxylic acids is 1. The highest BCUT2D eigenvalue weighted by Gasteiger charge is 2.39. The molecule has 1 unspecified atom stereocenters. The van der Waals surface area contributed by atoms with Gasteiger partial charge >= 0.3 is 12.1 Å². The second-order valence-electron chi connectivity index (χ2n) is 5.24. The van der Waals surface area contributed by atoms with Crippen LogP contribution in [0.25, 0.3) is 0 Å². The lowest BCUT2D eigenvalue weighted by Crippen LogP contribution is -2.34. The predicted octanol–water partition coefficient (Wildman–Crippen LogP) is 2.56. The summed E-state index contributed by atoms with van der Waals surface area (Å²) in [5.41, 5.74) is -0.258. The van der Waals surface area contributed by atoms with E-state index >= 15 is 0 Å². The number of nitrogens with one attached hydrogen (secondary N) is 1. The topological polar surface area (TPSA) is 73.1 Å². The van der Waals surface area contributed by atoms with Crippen molar-refractivity contribution in [2.75, 3.05) is 13.1 Å². The van der Waals surface area contributed by atoms with Crippen LogP contribution in [0.3, 0.4) is 0 Å². The van der Waals surface area contributed by atoms with Crippen LogP contribution in [0.2, 0.25) is 0 Å². The van der Waals surface area contributed by atoms with Gasteiger partial charge in [-0.25, -0.2) is 0 Å². The molecule has 0 spiro atoms. The molecule has 0 saturated carbocycles. The third-order valence-electron chi connectivity index (χ3n) is 2.89. The fraction of sp³-hybridized carbons (Fsp3) is 0.833. The molecule has 0 aliphatic rings. The zero-order valence-corrected chi connectivity index (χ0v) is 11.0. The maximum Gasteiger partial charge on any atom is 0.405 e. The fourth-order valence-electron chi connectivity index (χ4n) is 1.48. The standard InChI is InChI=1S/C12H19F3N2O2/c1-11(2,4-3-10(18)19)5-6-17-8-9(7-16)12(13,14)15/h9,17H,3-6,8H2,1-2H3,(H,18,19). The number of nitriles is 1. The monoisotopic (exact) mass is 280 g/mol. The minimum Gasteiger partial charge on any atom is -0.481 e. The van der Waals surface area contributed by atoms with Gasteiger partial charge in [-0.3, -0.25) is 4.79 Å². The van der Waals surface area contributed by atoms with Crippen LogP contribution < -0.4 is 5.32 Å². The maximum atomic E-state index is 12.3. The Morgan fingerprint density at radius 3 is 2.37 bits per heavy atom. The molecule has 0 bridgehead atoms.